The average molecular weight is 446 g/mol. The number of carbonyl (C=O) groups excluding carboxylic acids is 1. The fraction of sp³-hybridized carbons (Fsp3) is 0.0690. The van der Waals surface area contributed by atoms with Crippen molar-refractivity contribution in [3.8, 4) is 11.3 Å². The molecule has 1 amide bonds. The summed E-state index contributed by atoms with van der Waals surface area (Å²) in [5.74, 6) is -0.289. The first kappa shape index (κ1) is 21.3. The number of aromatic nitrogens is 2. The van der Waals surface area contributed by atoms with Crippen molar-refractivity contribution in [1.29, 1.82) is 0 Å². The molecule has 1 heterocycles. The number of nitrogens with zero attached hydrogens (tertiary/aromatic N) is 2. The van der Waals surface area contributed by atoms with Crippen molar-refractivity contribution in [3.05, 3.63) is 137 Å². The summed E-state index contributed by atoms with van der Waals surface area (Å²) >= 11 is 0. The Balaban J connectivity index is 1.41. The van der Waals surface area contributed by atoms with Gasteiger partial charge >= 0.3 is 0 Å². The Hall–Kier alpha value is -4.51. The standard InChI is InChI=1S/C29H23N3O2/c33-27(30-29(22-10-3-1-4-11-22)23-12-5-2-6-13-23)20-32-28(34)18-17-26(31-32)25-16-15-21-9-7-8-14-24(21)19-25/h1-19,29H,20H2,(H,30,33). The van der Waals surface area contributed by atoms with Crippen LogP contribution in [-0.4, -0.2) is 15.7 Å². The van der Waals surface area contributed by atoms with Crippen LogP contribution in [0.25, 0.3) is 22.0 Å². The van der Waals surface area contributed by atoms with Gasteiger partial charge in [-0.2, -0.15) is 5.10 Å². The topological polar surface area (TPSA) is 64.0 Å². The SMILES string of the molecule is O=C(Cn1nc(-c2ccc3ccccc3c2)ccc1=O)NC(c1ccccc1)c1ccccc1. The number of fused-ring (bicyclic) bond motifs is 1. The van der Waals surface area contributed by atoms with Gasteiger partial charge in [0.15, 0.2) is 0 Å². The quantitative estimate of drug-likeness (QED) is 0.401. The molecule has 0 fully saturated rings. The van der Waals surface area contributed by atoms with Crippen LogP contribution in [0.15, 0.2) is 120 Å². The highest BCUT2D eigenvalue weighted by molar-refractivity contribution is 5.86. The fourth-order valence-corrected chi connectivity index (χ4v) is 4.06. The summed E-state index contributed by atoms with van der Waals surface area (Å²) in [7, 11) is 0. The summed E-state index contributed by atoms with van der Waals surface area (Å²) in [6.45, 7) is -0.170. The van der Waals surface area contributed by atoms with E-state index in [1.807, 2.05) is 103 Å². The molecular weight excluding hydrogens is 422 g/mol. The van der Waals surface area contributed by atoms with Crippen molar-refractivity contribution in [2.24, 2.45) is 0 Å². The van der Waals surface area contributed by atoms with Crippen LogP contribution in [0.3, 0.4) is 0 Å². The largest absolute Gasteiger partial charge is 0.344 e. The van der Waals surface area contributed by atoms with Crippen molar-refractivity contribution >= 4 is 16.7 Å². The molecule has 0 bridgehead atoms. The molecule has 1 aromatic heterocycles. The first-order valence-corrected chi connectivity index (χ1v) is 11.1. The molecule has 0 spiro atoms. The molecule has 5 rings (SSSR count). The van der Waals surface area contributed by atoms with Gasteiger partial charge < -0.3 is 5.32 Å². The smallest absolute Gasteiger partial charge is 0.267 e. The predicted molar refractivity (Wildman–Crippen MR) is 134 cm³/mol. The lowest BCUT2D eigenvalue weighted by atomic mass is 9.99. The van der Waals surface area contributed by atoms with Gasteiger partial charge in [0.05, 0.1) is 11.7 Å². The summed E-state index contributed by atoms with van der Waals surface area (Å²) in [5, 5.41) is 9.78. The van der Waals surface area contributed by atoms with Crippen LogP contribution < -0.4 is 10.9 Å². The summed E-state index contributed by atoms with van der Waals surface area (Å²) in [4.78, 5) is 25.5. The van der Waals surface area contributed by atoms with E-state index in [0.29, 0.717) is 5.69 Å². The Morgan fingerprint density at radius 1 is 0.735 bits per heavy atom. The zero-order valence-corrected chi connectivity index (χ0v) is 18.5. The molecule has 0 saturated carbocycles. The van der Waals surface area contributed by atoms with E-state index in [4.69, 9.17) is 0 Å². The second-order valence-corrected chi connectivity index (χ2v) is 8.10. The molecule has 0 unspecified atom stereocenters. The first-order chi connectivity index (χ1) is 16.7. The summed E-state index contributed by atoms with van der Waals surface area (Å²) in [6, 6.07) is 36.5. The number of nitrogens with one attached hydrogen (secondary N) is 1. The molecule has 1 N–H and O–H groups in total. The van der Waals surface area contributed by atoms with E-state index >= 15 is 0 Å². The van der Waals surface area contributed by atoms with E-state index in [2.05, 4.69) is 10.4 Å². The van der Waals surface area contributed by atoms with Gasteiger partial charge in [0, 0.05) is 11.6 Å². The monoisotopic (exact) mass is 445 g/mol. The maximum absolute atomic E-state index is 13.0. The minimum Gasteiger partial charge on any atom is -0.344 e. The third-order valence-electron chi connectivity index (χ3n) is 5.78. The van der Waals surface area contributed by atoms with Crippen molar-refractivity contribution in [1.82, 2.24) is 15.1 Å². The lowest BCUT2D eigenvalue weighted by molar-refractivity contribution is -0.122. The number of hydrogen-bond donors (Lipinski definition) is 1. The molecule has 166 valence electrons. The molecular formula is C29H23N3O2. The maximum Gasteiger partial charge on any atom is 0.267 e. The molecule has 5 aromatic rings. The van der Waals surface area contributed by atoms with E-state index < -0.39 is 0 Å². The number of benzene rings is 4. The van der Waals surface area contributed by atoms with Crippen molar-refractivity contribution < 1.29 is 4.79 Å². The van der Waals surface area contributed by atoms with Gasteiger partial charge in [0.25, 0.3) is 5.56 Å². The van der Waals surface area contributed by atoms with E-state index in [0.717, 1.165) is 27.5 Å². The molecule has 5 heteroatoms. The summed E-state index contributed by atoms with van der Waals surface area (Å²) in [5.41, 5.74) is 3.13. The average Bonchev–Trinajstić information content (AvgIpc) is 2.89. The zero-order valence-electron chi connectivity index (χ0n) is 18.5. The fourth-order valence-electron chi connectivity index (χ4n) is 4.06. The van der Waals surface area contributed by atoms with Crippen LogP contribution in [0.4, 0.5) is 0 Å². The number of amides is 1. The highest BCUT2D eigenvalue weighted by atomic mass is 16.2. The molecule has 0 atom stereocenters. The van der Waals surface area contributed by atoms with Crippen molar-refractivity contribution in [2.75, 3.05) is 0 Å². The van der Waals surface area contributed by atoms with Gasteiger partial charge in [-0.15, -0.1) is 0 Å². The molecule has 0 aliphatic heterocycles. The molecule has 0 saturated heterocycles. The second-order valence-electron chi connectivity index (χ2n) is 8.10. The Morgan fingerprint density at radius 3 is 2.03 bits per heavy atom. The molecule has 4 aromatic carbocycles. The van der Waals surface area contributed by atoms with E-state index in [1.165, 1.54) is 10.7 Å². The molecule has 34 heavy (non-hydrogen) atoms. The summed E-state index contributed by atoms with van der Waals surface area (Å²) in [6.07, 6.45) is 0. The predicted octanol–water partition coefficient (Wildman–Crippen LogP) is 4.97. The Labute approximate surface area is 197 Å². The second kappa shape index (κ2) is 9.55. The van der Waals surface area contributed by atoms with Crippen LogP contribution in [0, 0.1) is 0 Å². The molecule has 0 radical (unpaired) electrons. The lowest BCUT2D eigenvalue weighted by Crippen LogP contribution is -2.36. The van der Waals surface area contributed by atoms with Gasteiger partial charge in [-0.1, -0.05) is 97.1 Å². The highest BCUT2D eigenvalue weighted by Gasteiger charge is 2.17. The van der Waals surface area contributed by atoms with Crippen LogP contribution in [0.1, 0.15) is 17.2 Å². The van der Waals surface area contributed by atoms with E-state index in [1.54, 1.807) is 6.07 Å². The van der Waals surface area contributed by atoms with E-state index in [-0.39, 0.29) is 24.1 Å². The maximum atomic E-state index is 13.0. The van der Waals surface area contributed by atoms with Crippen LogP contribution in [-0.2, 0) is 11.3 Å². The Kier molecular flexibility index (Phi) is 5.99. The van der Waals surface area contributed by atoms with Crippen LogP contribution >= 0.6 is 0 Å². The Morgan fingerprint density at radius 2 is 1.35 bits per heavy atom. The lowest BCUT2D eigenvalue weighted by Gasteiger charge is -2.20. The van der Waals surface area contributed by atoms with Crippen LogP contribution in [0.2, 0.25) is 0 Å². The highest BCUT2D eigenvalue weighted by Crippen LogP contribution is 2.23. The van der Waals surface area contributed by atoms with Gasteiger partial charge in [0.2, 0.25) is 5.91 Å². The minimum atomic E-state index is -0.325. The number of hydrogen-bond acceptors (Lipinski definition) is 3. The summed E-state index contributed by atoms with van der Waals surface area (Å²) < 4.78 is 1.22. The number of carbonyl (C=O) groups is 1. The van der Waals surface area contributed by atoms with Gasteiger partial charge in [0.1, 0.15) is 6.54 Å². The van der Waals surface area contributed by atoms with Crippen LogP contribution in [0.5, 0.6) is 0 Å². The van der Waals surface area contributed by atoms with Gasteiger partial charge in [-0.05, 0) is 34.0 Å². The minimum absolute atomic E-state index is 0.170. The molecule has 5 nitrogen and oxygen atoms in total. The zero-order chi connectivity index (χ0) is 23.3. The van der Waals surface area contributed by atoms with Crippen molar-refractivity contribution in [3.63, 3.8) is 0 Å². The molecule has 0 aliphatic carbocycles. The van der Waals surface area contributed by atoms with Gasteiger partial charge in [-0.25, -0.2) is 4.68 Å². The third kappa shape index (κ3) is 4.64. The number of rotatable bonds is 6. The van der Waals surface area contributed by atoms with E-state index in [9.17, 15) is 9.59 Å². The normalized spacial score (nSPS) is 11.0. The Bertz CT molecular complexity index is 1460. The van der Waals surface area contributed by atoms with Crippen molar-refractivity contribution in [2.45, 2.75) is 12.6 Å². The first-order valence-electron chi connectivity index (χ1n) is 11.1. The van der Waals surface area contributed by atoms with Gasteiger partial charge in [-0.3, -0.25) is 9.59 Å². The molecule has 0 aliphatic rings. The third-order valence-corrected chi connectivity index (χ3v) is 5.78.